The van der Waals surface area contributed by atoms with Gasteiger partial charge in [0.1, 0.15) is 0 Å². The SMILES string of the molecule is CC1(C)c2cc(C=Cc3ccc(-c4ccc(-c5ccc(C=Cc6ccc7c(c6)C(C)(C)c6cc(N(c8ccccc8)c8ccccc8)ccc6-7)cc5)cc4)cc3)ccc2-c2ccc(N(c3ccccc3)c3ccccc3)cc21. The van der Waals surface area contributed by atoms with Crippen molar-refractivity contribution in [2.75, 3.05) is 9.80 Å². The zero-order chi connectivity index (χ0) is 52.8. The number of anilines is 6. The summed E-state index contributed by atoms with van der Waals surface area (Å²) in [6.07, 6.45) is 8.95. The van der Waals surface area contributed by atoms with E-state index >= 15 is 0 Å². The van der Waals surface area contributed by atoms with E-state index in [1.165, 1.54) is 89.0 Å². The van der Waals surface area contributed by atoms with Crippen LogP contribution in [0.5, 0.6) is 0 Å². The molecule has 0 fully saturated rings. The van der Waals surface area contributed by atoms with Crippen LogP contribution in [0.25, 0.3) is 68.8 Å². The number of nitrogens with zero attached hydrogens (tertiary/aromatic N) is 2. The fourth-order valence-electron chi connectivity index (χ4n) is 12.0. The lowest BCUT2D eigenvalue weighted by atomic mass is 9.81. The van der Waals surface area contributed by atoms with Crippen molar-refractivity contribution in [1.82, 2.24) is 0 Å². The van der Waals surface area contributed by atoms with E-state index in [0.717, 1.165) is 34.1 Å². The van der Waals surface area contributed by atoms with Crippen LogP contribution in [0.2, 0.25) is 0 Å². The number of hydrogen-bond acceptors (Lipinski definition) is 2. The van der Waals surface area contributed by atoms with Crippen molar-refractivity contribution < 1.29 is 0 Å². The van der Waals surface area contributed by atoms with Gasteiger partial charge in [-0.15, -0.1) is 0 Å². The van der Waals surface area contributed by atoms with Gasteiger partial charge in [0.25, 0.3) is 0 Å². The second kappa shape index (κ2) is 19.9. The Balaban J connectivity index is 0.659. The van der Waals surface area contributed by atoms with Crippen LogP contribution in [0.3, 0.4) is 0 Å². The first-order chi connectivity index (χ1) is 38.2. The average molecular weight is 1000 g/mol. The number of fused-ring (bicyclic) bond motifs is 6. The summed E-state index contributed by atoms with van der Waals surface area (Å²) in [7, 11) is 0. The highest BCUT2D eigenvalue weighted by Crippen LogP contribution is 2.53. The summed E-state index contributed by atoms with van der Waals surface area (Å²) in [6.45, 7) is 9.45. The molecule has 0 saturated heterocycles. The molecule has 2 aliphatic carbocycles. The normalized spacial score (nSPS) is 13.5. The maximum atomic E-state index is 2.40. The van der Waals surface area contributed by atoms with Crippen molar-refractivity contribution in [2.24, 2.45) is 0 Å². The van der Waals surface area contributed by atoms with Crippen molar-refractivity contribution in [2.45, 2.75) is 38.5 Å². The van der Waals surface area contributed by atoms with Crippen LogP contribution in [-0.4, -0.2) is 0 Å². The van der Waals surface area contributed by atoms with Gasteiger partial charge < -0.3 is 9.80 Å². The molecule has 0 radical (unpaired) electrons. The molecule has 0 spiro atoms. The third-order valence-corrected chi connectivity index (χ3v) is 16.3. The topological polar surface area (TPSA) is 6.48 Å². The Morgan fingerprint density at radius 1 is 0.231 bits per heavy atom. The van der Waals surface area contributed by atoms with E-state index < -0.39 is 0 Å². The van der Waals surface area contributed by atoms with Crippen LogP contribution in [0, 0.1) is 0 Å². The fraction of sp³-hybridized carbons (Fsp3) is 0.0789. The van der Waals surface area contributed by atoms with Gasteiger partial charge in [-0.2, -0.15) is 0 Å². The van der Waals surface area contributed by atoms with Crippen LogP contribution < -0.4 is 9.80 Å². The molecule has 13 rings (SSSR count). The van der Waals surface area contributed by atoms with Crippen molar-refractivity contribution in [1.29, 1.82) is 0 Å². The molecule has 0 aliphatic heterocycles. The zero-order valence-electron chi connectivity index (χ0n) is 44.6. The molecule has 2 heteroatoms. The van der Waals surface area contributed by atoms with Gasteiger partial charge in [-0.05, 0) is 162 Å². The summed E-state index contributed by atoms with van der Waals surface area (Å²) in [5, 5.41) is 0. The first kappa shape index (κ1) is 48.2. The minimum Gasteiger partial charge on any atom is -0.310 e. The largest absolute Gasteiger partial charge is 0.310 e. The van der Waals surface area contributed by atoms with Crippen molar-refractivity contribution >= 4 is 58.4 Å². The van der Waals surface area contributed by atoms with Crippen LogP contribution in [0.4, 0.5) is 34.1 Å². The number of hydrogen-bond donors (Lipinski definition) is 0. The summed E-state index contributed by atoms with van der Waals surface area (Å²) in [6, 6.07) is 97.2. The van der Waals surface area contributed by atoms with E-state index in [0.29, 0.717) is 0 Å². The fourth-order valence-corrected chi connectivity index (χ4v) is 12.0. The molecule has 0 N–H and O–H groups in total. The van der Waals surface area contributed by atoms with Gasteiger partial charge in [0, 0.05) is 45.0 Å². The smallest absolute Gasteiger partial charge is 0.0465 e. The van der Waals surface area contributed by atoms with E-state index in [1.807, 2.05) is 0 Å². The Bertz CT molecular complexity index is 3680. The highest BCUT2D eigenvalue weighted by molar-refractivity contribution is 5.89. The summed E-state index contributed by atoms with van der Waals surface area (Å²) in [4.78, 5) is 4.70. The highest BCUT2D eigenvalue weighted by Gasteiger charge is 2.37. The molecule has 0 unspecified atom stereocenters. The van der Waals surface area contributed by atoms with Gasteiger partial charge >= 0.3 is 0 Å². The van der Waals surface area contributed by atoms with E-state index in [4.69, 9.17) is 0 Å². The molecule has 2 aliphatic rings. The van der Waals surface area contributed by atoms with Gasteiger partial charge in [0.15, 0.2) is 0 Å². The van der Waals surface area contributed by atoms with Gasteiger partial charge in [-0.1, -0.05) is 246 Å². The maximum Gasteiger partial charge on any atom is 0.0465 e. The van der Waals surface area contributed by atoms with Gasteiger partial charge in [-0.3, -0.25) is 0 Å². The van der Waals surface area contributed by atoms with E-state index in [-0.39, 0.29) is 10.8 Å². The molecule has 78 heavy (non-hydrogen) atoms. The van der Waals surface area contributed by atoms with Crippen LogP contribution in [0.1, 0.15) is 72.2 Å². The lowest BCUT2D eigenvalue weighted by molar-refractivity contribution is 0.660. The van der Waals surface area contributed by atoms with Crippen LogP contribution in [0.15, 0.2) is 267 Å². The minimum absolute atomic E-state index is 0.151. The summed E-state index contributed by atoms with van der Waals surface area (Å²) in [5.41, 5.74) is 26.9. The molecule has 0 bridgehead atoms. The molecular weight excluding hydrogens is 941 g/mol. The Morgan fingerprint density at radius 3 is 0.782 bits per heavy atom. The molecule has 0 saturated carbocycles. The zero-order valence-corrected chi connectivity index (χ0v) is 44.6. The molecule has 0 atom stereocenters. The Morgan fingerprint density at radius 2 is 0.474 bits per heavy atom. The number of benzene rings is 11. The Hall–Kier alpha value is -9.50. The van der Waals surface area contributed by atoms with E-state index in [9.17, 15) is 0 Å². The first-order valence-electron chi connectivity index (χ1n) is 27.2. The minimum atomic E-state index is -0.151. The molecule has 0 aromatic heterocycles. The first-order valence-corrected chi connectivity index (χ1v) is 27.2. The molecule has 374 valence electrons. The standard InChI is InChI=1S/C76H60N2/c1-75(2)71-49-55(33-45-67(71)69-47-43-65(51-73(69)75)77(61-17-9-5-10-18-61)62-19-11-6-12-20-62)27-25-53-29-35-57(36-30-53)59-39-41-60(42-40-59)58-37-31-54(32-38-58)26-28-56-34-46-68-70-48-44-66(52-74(70)76(3,4)72(68)50-56)78(63-21-13-7-14-22-63)64-23-15-8-16-24-64/h5-52H,1-4H3. The summed E-state index contributed by atoms with van der Waals surface area (Å²) >= 11 is 0. The summed E-state index contributed by atoms with van der Waals surface area (Å²) < 4.78 is 0. The average Bonchev–Trinajstić information content (AvgIpc) is 4.01. The lowest BCUT2D eigenvalue weighted by Crippen LogP contribution is -2.16. The quantitative estimate of drug-likeness (QED) is 0.113. The van der Waals surface area contributed by atoms with Gasteiger partial charge in [-0.25, -0.2) is 0 Å². The molecule has 0 amide bonds. The van der Waals surface area contributed by atoms with Crippen LogP contribution >= 0.6 is 0 Å². The Labute approximate surface area is 460 Å². The molecule has 2 nitrogen and oxygen atoms in total. The Kier molecular flexibility index (Phi) is 12.3. The number of para-hydroxylation sites is 4. The van der Waals surface area contributed by atoms with Crippen molar-refractivity contribution in [3.8, 4) is 44.5 Å². The third kappa shape index (κ3) is 8.95. The number of rotatable bonds is 12. The second-order valence-electron chi connectivity index (χ2n) is 21.8. The van der Waals surface area contributed by atoms with Gasteiger partial charge in [0.05, 0.1) is 0 Å². The van der Waals surface area contributed by atoms with Gasteiger partial charge in [0.2, 0.25) is 0 Å². The molecule has 11 aromatic carbocycles. The highest BCUT2D eigenvalue weighted by atomic mass is 15.1. The molecular formula is C76H60N2. The third-order valence-electron chi connectivity index (χ3n) is 16.3. The monoisotopic (exact) mass is 1000 g/mol. The lowest BCUT2D eigenvalue weighted by Gasteiger charge is -2.28. The summed E-state index contributed by atoms with van der Waals surface area (Å²) in [5.74, 6) is 0. The van der Waals surface area contributed by atoms with E-state index in [1.54, 1.807) is 0 Å². The van der Waals surface area contributed by atoms with E-state index in [2.05, 4.69) is 329 Å². The van der Waals surface area contributed by atoms with Crippen molar-refractivity contribution in [3.05, 3.63) is 311 Å². The maximum absolute atomic E-state index is 2.40. The van der Waals surface area contributed by atoms with Crippen molar-refractivity contribution in [3.63, 3.8) is 0 Å². The van der Waals surface area contributed by atoms with Crippen LogP contribution in [-0.2, 0) is 10.8 Å². The molecule has 0 heterocycles. The predicted molar refractivity (Wildman–Crippen MR) is 333 cm³/mol. The predicted octanol–water partition coefficient (Wildman–Crippen LogP) is 20.9. The molecule has 11 aromatic rings. The second-order valence-corrected chi connectivity index (χ2v) is 21.8.